The van der Waals surface area contributed by atoms with E-state index in [2.05, 4.69) is 18.2 Å². The van der Waals surface area contributed by atoms with Crippen molar-refractivity contribution in [3.8, 4) is 0 Å². The molecule has 2 heterocycles. The molecule has 26 heavy (non-hydrogen) atoms. The highest BCUT2D eigenvalue weighted by molar-refractivity contribution is 7.18. The van der Waals surface area contributed by atoms with Crippen molar-refractivity contribution in [2.24, 2.45) is 0 Å². The van der Waals surface area contributed by atoms with Crippen LogP contribution in [-0.4, -0.2) is 31.0 Å². The van der Waals surface area contributed by atoms with Crippen LogP contribution < -0.4 is 9.80 Å². The highest BCUT2D eigenvalue weighted by Gasteiger charge is 2.32. The lowest BCUT2D eigenvalue weighted by Gasteiger charge is -2.32. The van der Waals surface area contributed by atoms with Crippen LogP contribution in [0, 0.1) is 0 Å². The first-order valence-corrected chi connectivity index (χ1v) is 10.1. The van der Waals surface area contributed by atoms with E-state index in [1.54, 1.807) is 16.2 Å². The second kappa shape index (κ2) is 7.56. The Bertz CT molecular complexity index is 859. The minimum Gasteiger partial charge on any atom is -0.319 e. The van der Waals surface area contributed by atoms with Crippen LogP contribution >= 0.6 is 11.3 Å². The van der Waals surface area contributed by atoms with E-state index in [0.29, 0.717) is 12.6 Å². The summed E-state index contributed by atoms with van der Waals surface area (Å²) in [5.74, 6) is 0.166. The molecule has 1 saturated heterocycles. The maximum atomic E-state index is 12.8. The average molecular weight is 367 g/mol. The van der Waals surface area contributed by atoms with Crippen LogP contribution in [0.25, 0.3) is 10.2 Å². The van der Waals surface area contributed by atoms with Gasteiger partial charge in [0.1, 0.15) is 6.04 Å². The molecule has 2 atom stereocenters. The number of hydrogen-bond donors (Lipinski definition) is 1. The number of quaternary nitrogens is 1. The zero-order valence-electron chi connectivity index (χ0n) is 15.0. The molecule has 1 N–H and O–H groups in total. The second-order valence-electron chi connectivity index (χ2n) is 6.94. The number of carbonyl (C=O) groups excluding carboxylic acids is 1. The molecule has 5 heteroatoms. The summed E-state index contributed by atoms with van der Waals surface area (Å²) in [6.07, 6.45) is 3.50. The van der Waals surface area contributed by atoms with Crippen molar-refractivity contribution < 1.29 is 9.69 Å². The largest absolute Gasteiger partial charge is 0.319 e. The maximum Gasteiger partial charge on any atom is 0.281 e. The number of hydrogen-bond acceptors (Lipinski definition) is 3. The topological polar surface area (TPSA) is 37.6 Å². The van der Waals surface area contributed by atoms with Gasteiger partial charge in [0.15, 0.2) is 11.6 Å². The Labute approximate surface area is 158 Å². The van der Waals surface area contributed by atoms with Gasteiger partial charge in [-0.3, -0.25) is 4.79 Å². The van der Waals surface area contributed by atoms with Crippen LogP contribution in [0.4, 0.5) is 5.69 Å². The zero-order chi connectivity index (χ0) is 17.9. The Hall–Kier alpha value is -2.24. The lowest BCUT2D eigenvalue weighted by Crippen LogP contribution is -3.14. The van der Waals surface area contributed by atoms with Gasteiger partial charge >= 0.3 is 0 Å². The van der Waals surface area contributed by atoms with E-state index in [0.717, 1.165) is 24.2 Å². The average Bonchev–Trinajstić information content (AvgIpc) is 3.12. The van der Waals surface area contributed by atoms with Crippen molar-refractivity contribution in [2.45, 2.75) is 25.3 Å². The van der Waals surface area contributed by atoms with Crippen molar-refractivity contribution in [1.82, 2.24) is 4.98 Å². The zero-order valence-corrected chi connectivity index (χ0v) is 15.8. The van der Waals surface area contributed by atoms with Crippen molar-refractivity contribution >= 4 is 33.1 Å². The van der Waals surface area contributed by atoms with E-state index in [9.17, 15) is 4.79 Å². The smallest absolute Gasteiger partial charge is 0.281 e. The molecule has 2 aromatic carbocycles. The summed E-state index contributed by atoms with van der Waals surface area (Å²) in [6, 6.07) is 18.5. The van der Waals surface area contributed by atoms with Crippen molar-refractivity contribution in [3.63, 3.8) is 0 Å². The first-order valence-electron chi connectivity index (χ1n) is 9.24. The van der Waals surface area contributed by atoms with E-state index in [-0.39, 0.29) is 5.91 Å². The molecular weight excluding hydrogens is 342 g/mol. The van der Waals surface area contributed by atoms with Crippen LogP contribution in [0.3, 0.4) is 0 Å². The maximum absolute atomic E-state index is 12.8. The molecule has 0 saturated carbocycles. The molecule has 0 bridgehead atoms. The lowest BCUT2D eigenvalue weighted by molar-refractivity contribution is -0.929. The lowest BCUT2D eigenvalue weighted by atomic mass is 10.0. The van der Waals surface area contributed by atoms with Gasteiger partial charge in [-0.15, -0.1) is 11.3 Å². The summed E-state index contributed by atoms with van der Waals surface area (Å²) in [5, 5.41) is 1.18. The quantitative estimate of drug-likeness (QED) is 0.771. The number of carbonyl (C=O) groups is 1. The monoisotopic (exact) mass is 366 g/mol. The Morgan fingerprint density at radius 2 is 1.92 bits per heavy atom. The first kappa shape index (κ1) is 17.2. The number of likely N-dealkylation sites (tertiary alicyclic amines) is 1. The van der Waals surface area contributed by atoms with E-state index >= 15 is 0 Å². The number of nitrogens with zero attached hydrogens (tertiary/aromatic N) is 2. The van der Waals surface area contributed by atoms with Crippen LogP contribution in [0.5, 0.6) is 0 Å². The number of likely N-dealkylation sites (N-methyl/N-ethyl adjacent to an activating group) is 1. The number of rotatable bonds is 4. The molecule has 0 spiro atoms. The van der Waals surface area contributed by atoms with Crippen LogP contribution in [0.15, 0.2) is 54.6 Å². The number of nitrogens with one attached hydrogen (secondary N) is 1. The van der Waals surface area contributed by atoms with Crippen LogP contribution in [-0.2, 0) is 4.79 Å². The number of benzene rings is 2. The molecule has 1 aliphatic heterocycles. The Morgan fingerprint density at radius 3 is 2.73 bits per heavy atom. The predicted octanol–water partition coefficient (Wildman–Crippen LogP) is 3.07. The van der Waals surface area contributed by atoms with Crippen molar-refractivity contribution in [3.05, 3.63) is 59.6 Å². The number of aromatic nitrogens is 1. The third-order valence-corrected chi connectivity index (χ3v) is 6.39. The molecular formula is C21H24N3OS+. The number of piperidine rings is 1. The summed E-state index contributed by atoms with van der Waals surface area (Å²) in [4.78, 5) is 20.8. The highest BCUT2D eigenvalue weighted by atomic mass is 32.1. The summed E-state index contributed by atoms with van der Waals surface area (Å²) in [6.45, 7) is 1.56. The summed E-state index contributed by atoms with van der Waals surface area (Å²) in [5.41, 5.74) is 2.02. The number of para-hydroxylation sites is 2. The van der Waals surface area contributed by atoms with E-state index < -0.39 is 0 Å². The van der Waals surface area contributed by atoms with E-state index in [1.165, 1.54) is 27.4 Å². The summed E-state index contributed by atoms with van der Waals surface area (Å²) in [7, 11) is 1.87. The normalized spacial score (nSPS) is 20.2. The second-order valence-corrected chi connectivity index (χ2v) is 8.00. The third kappa shape index (κ3) is 3.50. The molecule has 4 nitrogen and oxygen atoms in total. The van der Waals surface area contributed by atoms with Gasteiger partial charge in [0.2, 0.25) is 0 Å². The molecule has 4 rings (SSSR count). The molecule has 1 fully saturated rings. The first-order chi connectivity index (χ1) is 12.7. The third-order valence-electron chi connectivity index (χ3n) is 5.24. The standard InChI is InChI=1S/C21H23N3OS/c1-23(16-9-3-2-4-10-16)20(25)15-24-14-8-7-12-18(24)21-22-17-11-5-6-13-19(17)26-21/h2-6,9-11,13,18H,7-8,12,14-15H2,1H3/p+1/t18-/m0/s1. The fourth-order valence-corrected chi connectivity index (χ4v) is 4.90. The van der Waals surface area contributed by atoms with Gasteiger partial charge < -0.3 is 9.80 Å². The summed E-state index contributed by atoms with van der Waals surface area (Å²) < 4.78 is 1.24. The number of anilines is 1. The molecule has 0 aliphatic carbocycles. The molecule has 1 aromatic heterocycles. The van der Waals surface area contributed by atoms with Gasteiger partial charge in [-0.05, 0) is 37.1 Å². The molecule has 3 aromatic rings. The summed E-state index contributed by atoms with van der Waals surface area (Å²) >= 11 is 1.78. The minimum atomic E-state index is 0.166. The van der Waals surface area contributed by atoms with Gasteiger partial charge in [0.05, 0.1) is 16.8 Å². The Kier molecular flexibility index (Phi) is 5.00. The molecule has 0 radical (unpaired) electrons. The minimum absolute atomic E-state index is 0.166. The van der Waals surface area contributed by atoms with E-state index in [1.807, 2.05) is 43.4 Å². The number of thiazole rings is 1. The van der Waals surface area contributed by atoms with Gasteiger partial charge in [-0.25, -0.2) is 4.98 Å². The molecule has 134 valence electrons. The predicted molar refractivity (Wildman–Crippen MR) is 107 cm³/mol. The van der Waals surface area contributed by atoms with Crippen LogP contribution in [0.1, 0.15) is 30.3 Å². The van der Waals surface area contributed by atoms with Crippen LogP contribution in [0.2, 0.25) is 0 Å². The van der Waals surface area contributed by atoms with Crippen molar-refractivity contribution in [1.29, 1.82) is 0 Å². The Morgan fingerprint density at radius 1 is 1.15 bits per heavy atom. The van der Waals surface area contributed by atoms with Gasteiger partial charge in [0, 0.05) is 19.2 Å². The Balaban J connectivity index is 1.53. The number of fused-ring (bicyclic) bond motifs is 1. The van der Waals surface area contributed by atoms with Gasteiger partial charge in [0.25, 0.3) is 5.91 Å². The highest BCUT2D eigenvalue weighted by Crippen LogP contribution is 2.28. The molecule has 1 amide bonds. The molecule has 1 aliphatic rings. The number of amides is 1. The van der Waals surface area contributed by atoms with Crippen molar-refractivity contribution in [2.75, 3.05) is 25.0 Å². The fourth-order valence-electron chi connectivity index (χ4n) is 3.74. The van der Waals surface area contributed by atoms with E-state index in [4.69, 9.17) is 4.98 Å². The SMILES string of the molecule is CN(C(=O)C[NH+]1CCCC[C@H]1c1nc2ccccc2s1)c1ccccc1. The molecule has 1 unspecified atom stereocenters. The fraction of sp³-hybridized carbons (Fsp3) is 0.333. The van der Waals surface area contributed by atoms with Gasteiger partial charge in [-0.1, -0.05) is 30.3 Å². The van der Waals surface area contributed by atoms with Gasteiger partial charge in [-0.2, -0.15) is 0 Å².